The number of aromatic nitrogens is 4. The molecule has 0 saturated heterocycles. The number of nitrogens with zero attached hydrogens (tertiary/aromatic N) is 7. The van der Waals surface area contributed by atoms with Gasteiger partial charge in [0.25, 0.3) is 0 Å². The fourth-order valence-electron chi connectivity index (χ4n) is 6.86. The highest BCUT2D eigenvalue weighted by Gasteiger charge is 2.38. The predicted molar refractivity (Wildman–Crippen MR) is 189 cm³/mol. The normalized spacial score (nSPS) is 12.2. The predicted octanol–water partition coefficient (Wildman–Crippen LogP) is 9.73. The van der Waals surface area contributed by atoms with Gasteiger partial charge in [0, 0.05) is 34.7 Å². The maximum Gasteiger partial charge on any atom is 0.238 e. The lowest BCUT2D eigenvalue weighted by Gasteiger charge is -2.38. The minimum absolute atomic E-state index is 0.430. The van der Waals surface area contributed by atoms with E-state index in [0.29, 0.717) is 51.7 Å². The summed E-state index contributed by atoms with van der Waals surface area (Å²) in [5.74, 6) is 3.67. The molecule has 0 bridgehead atoms. The molecular formula is C41H21N7O2. The van der Waals surface area contributed by atoms with Crippen molar-refractivity contribution in [1.29, 1.82) is 10.5 Å². The topological polar surface area (TPSA) is 113 Å². The molecule has 0 saturated carbocycles. The van der Waals surface area contributed by atoms with Crippen LogP contribution in [0.15, 0.2) is 127 Å². The van der Waals surface area contributed by atoms with Crippen molar-refractivity contribution in [3.63, 3.8) is 0 Å². The molecule has 0 N–H and O–H groups in total. The molecule has 2 aliphatic rings. The van der Waals surface area contributed by atoms with E-state index < -0.39 is 0 Å². The zero-order valence-electron chi connectivity index (χ0n) is 26.1. The molecule has 50 heavy (non-hydrogen) atoms. The summed E-state index contributed by atoms with van der Waals surface area (Å²) in [7, 11) is 0. The Balaban J connectivity index is 1.31. The van der Waals surface area contributed by atoms with E-state index in [0.717, 1.165) is 50.0 Å². The summed E-state index contributed by atoms with van der Waals surface area (Å²) in [6, 6.07) is 45.0. The summed E-state index contributed by atoms with van der Waals surface area (Å²) >= 11 is 0. The van der Waals surface area contributed by atoms with E-state index in [1.165, 1.54) is 0 Å². The van der Waals surface area contributed by atoms with Crippen LogP contribution < -0.4 is 14.4 Å². The first-order chi connectivity index (χ1) is 24.7. The van der Waals surface area contributed by atoms with Crippen molar-refractivity contribution in [1.82, 2.24) is 19.5 Å². The van der Waals surface area contributed by atoms with Gasteiger partial charge in [0.1, 0.15) is 5.69 Å². The number of benzene rings is 6. The van der Waals surface area contributed by atoms with Crippen LogP contribution in [-0.2, 0) is 0 Å². The Morgan fingerprint density at radius 3 is 1.74 bits per heavy atom. The lowest BCUT2D eigenvalue weighted by atomic mass is 10.0. The summed E-state index contributed by atoms with van der Waals surface area (Å²) in [5.41, 5.74) is 6.52. The molecule has 8 aromatic rings. The summed E-state index contributed by atoms with van der Waals surface area (Å²) in [4.78, 5) is 17.1. The Morgan fingerprint density at radius 2 is 1.12 bits per heavy atom. The van der Waals surface area contributed by atoms with Crippen LogP contribution in [0.25, 0.3) is 50.5 Å². The van der Waals surface area contributed by atoms with E-state index >= 15 is 0 Å². The number of anilines is 3. The van der Waals surface area contributed by atoms with Gasteiger partial charge < -0.3 is 9.47 Å². The van der Waals surface area contributed by atoms with Crippen LogP contribution >= 0.6 is 0 Å². The number of ether oxygens (including phenoxy) is 2. The van der Waals surface area contributed by atoms with Gasteiger partial charge in [-0.05, 0) is 30.3 Å². The number of nitriles is 2. The van der Waals surface area contributed by atoms with E-state index in [1.54, 1.807) is 24.3 Å². The third kappa shape index (κ3) is 4.01. The lowest BCUT2D eigenvalue weighted by molar-refractivity contribution is 0.450. The summed E-state index contributed by atoms with van der Waals surface area (Å²) < 4.78 is 15.4. The summed E-state index contributed by atoms with van der Waals surface area (Å²) in [5, 5.41) is 21.3. The molecule has 0 radical (unpaired) electrons. The zero-order valence-corrected chi connectivity index (χ0v) is 26.1. The minimum atomic E-state index is 0.430. The Hall–Kier alpha value is -7.49. The van der Waals surface area contributed by atoms with Crippen LogP contribution in [0.5, 0.6) is 23.0 Å². The average Bonchev–Trinajstić information content (AvgIpc) is 3.51. The zero-order chi connectivity index (χ0) is 33.3. The van der Waals surface area contributed by atoms with Crippen molar-refractivity contribution in [3.8, 4) is 63.9 Å². The smallest absolute Gasteiger partial charge is 0.238 e. The maximum atomic E-state index is 9.79. The highest BCUT2D eigenvalue weighted by atomic mass is 16.5. The molecule has 2 aliphatic heterocycles. The Labute approximate surface area is 285 Å². The van der Waals surface area contributed by atoms with Crippen molar-refractivity contribution in [3.05, 3.63) is 139 Å². The first-order valence-corrected chi connectivity index (χ1v) is 15.9. The van der Waals surface area contributed by atoms with Gasteiger partial charge in [0.05, 0.1) is 51.1 Å². The van der Waals surface area contributed by atoms with Gasteiger partial charge in [0.2, 0.25) is 5.95 Å². The standard InChI is InChI=1S/C41H21N7O2/c42-22-24-15-17-30-33(19-24)49-35-21-32-36(38-37(35)47(30)31-18-16-25(23-43)20-34(31)50-38)28-13-7-8-14-29(28)48(32)41-45-39(26-9-3-1-4-10-26)44-40(46-41)27-11-5-2-6-12-27/h1-21H. The third-order valence-electron chi connectivity index (χ3n) is 9.06. The van der Waals surface area contributed by atoms with E-state index in [1.807, 2.05) is 102 Å². The summed E-state index contributed by atoms with van der Waals surface area (Å²) in [6.07, 6.45) is 0. The first-order valence-electron chi connectivity index (χ1n) is 15.9. The molecule has 0 unspecified atom stereocenters. The molecule has 6 aromatic carbocycles. The molecule has 9 heteroatoms. The first kappa shape index (κ1) is 27.6. The van der Waals surface area contributed by atoms with Gasteiger partial charge in [-0.2, -0.15) is 20.5 Å². The van der Waals surface area contributed by atoms with Gasteiger partial charge in [-0.1, -0.05) is 78.9 Å². The van der Waals surface area contributed by atoms with Crippen molar-refractivity contribution < 1.29 is 9.47 Å². The monoisotopic (exact) mass is 643 g/mol. The van der Waals surface area contributed by atoms with Crippen LogP contribution in [-0.4, -0.2) is 19.5 Å². The Bertz CT molecular complexity index is 2730. The average molecular weight is 644 g/mol. The molecule has 232 valence electrons. The highest BCUT2D eigenvalue weighted by Crippen LogP contribution is 2.62. The Morgan fingerprint density at radius 1 is 0.540 bits per heavy atom. The number of hydrogen-bond acceptors (Lipinski definition) is 8. The number of para-hydroxylation sites is 1. The molecule has 0 amide bonds. The van der Waals surface area contributed by atoms with E-state index in [9.17, 15) is 10.5 Å². The van der Waals surface area contributed by atoms with Crippen LogP contribution in [0.1, 0.15) is 11.1 Å². The van der Waals surface area contributed by atoms with Crippen LogP contribution in [0.3, 0.4) is 0 Å². The largest absolute Gasteiger partial charge is 0.453 e. The van der Waals surface area contributed by atoms with E-state index in [2.05, 4.69) is 23.1 Å². The second-order valence-corrected chi connectivity index (χ2v) is 11.9. The van der Waals surface area contributed by atoms with Gasteiger partial charge in [-0.3, -0.25) is 9.47 Å². The van der Waals surface area contributed by atoms with E-state index in [-0.39, 0.29) is 0 Å². The van der Waals surface area contributed by atoms with Crippen molar-refractivity contribution in [2.75, 3.05) is 4.90 Å². The van der Waals surface area contributed by atoms with E-state index in [4.69, 9.17) is 24.4 Å². The van der Waals surface area contributed by atoms with Crippen LogP contribution in [0.4, 0.5) is 17.1 Å². The van der Waals surface area contributed by atoms with Crippen molar-refractivity contribution >= 4 is 38.9 Å². The van der Waals surface area contributed by atoms with Crippen molar-refractivity contribution in [2.24, 2.45) is 0 Å². The Kier molecular flexibility index (Phi) is 5.80. The third-order valence-corrected chi connectivity index (χ3v) is 9.06. The molecule has 0 fully saturated rings. The van der Waals surface area contributed by atoms with Gasteiger partial charge in [-0.25, -0.2) is 4.98 Å². The maximum absolute atomic E-state index is 9.79. The van der Waals surface area contributed by atoms with Gasteiger partial charge >= 0.3 is 0 Å². The molecule has 4 heterocycles. The van der Waals surface area contributed by atoms with Crippen molar-refractivity contribution in [2.45, 2.75) is 0 Å². The molecule has 0 spiro atoms. The van der Waals surface area contributed by atoms with Gasteiger partial charge in [-0.15, -0.1) is 0 Å². The molecule has 0 aliphatic carbocycles. The number of fused-ring (bicyclic) bond motifs is 8. The molecule has 2 aromatic heterocycles. The molecular weight excluding hydrogens is 622 g/mol. The van der Waals surface area contributed by atoms with Crippen LogP contribution in [0.2, 0.25) is 0 Å². The van der Waals surface area contributed by atoms with Crippen LogP contribution in [0, 0.1) is 22.7 Å². The highest BCUT2D eigenvalue weighted by molar-refractivity contribution is 6.17. The fourth-order valence-corrected chi connectivity index (χ4v) is 6.86. The minimum Gasteiger partial charge on any atom is -0.453 e. The van der Waals surface area contributed by atoms with Gasteiger partial charge in [0.15, 0.2) is 34.6 Å². The molecule has 10 rings (SSSR count). The second kappa shape index (κ2) is 10.5. The second-order valence-electron chi connectivity index (χ2n) is 11.9. The molecule has 9 nitrogen and oxygen atoms in total. The quantitative estimate of drug-likeness (QED) is 0.187. The lowest BCUT2D eigenvalue weighted by Crippen LogP contribution is -2.20. The summed E-state index contributed by atoms with van der Waals surface area (Å²) in [6.45, 7) is 0. The SMILES string of the molecule is N#Cc1ccc2c(c1)Oc1cc3c(c4c1N2c1ccc(C#N)cc1O4)c1ccccc1n3-c1nc(-c2ccccc2)nc(-c2ccccc2)n1. The fraction of sp³-hybridized carbons (Fsp3) is 0. The number of hydrogen-bond donors (Lipinski definition) is 0. The number of rotatable bonds is 3. The molecule has 0 atom stereocenters.